The highest BCUT2D eigenvalue weighted by Gasteiger charge is 2.35. The van der Waals surface area contributed by atoms with Crippen molar-refractivity contribution in [3.63, 3.8) is 0 Å². The van der Waals surface area contributed by atoms with Crippen molar-refractivity contribution in [1.29, 1.82) is 5.26 Å². The summed E-state index contributed by atoms with van der Waals surface area (Å²) in [6, 6.07) is 8.15. The second-order valence-corrected chi connectivity index (χ2v) is 3.72. The topological polar surface area (TPSA) is 54.3 Å². The Balaban J connectivity index is 2.98. The van der Waals surface area contributed by atoms with Crippen molar-refractivity contribution >= 4 is 5.69 Å². The van der Waals surface area contributed by atoms with Crippen LogP contribution in [-0.4, -0.2) is 26.0 Å². The molecule has 0 radical (unpaired) electrons. The first-order chi connectivity index (χ1) is 8.07. The van der Waals surface area contributed by atoms with E-state index in [1.165, 1.54) is 20.3 Å². The van der Waals surface area contributed by atoms with Gasteiger partial charge in [0.05, 0.1) is 11.8 Å². The van der Waals surface area contributed by atoms with Gasteiger partial charge in [-0.25, -0.2) is 4.39 Å². The molecule has 0 aliphatic rings. The molecule has 1 unspecified atom stereocenters. The molecule has 4 nitrogen and oxygen atoms in total. The van der Waals surface area contributed by atoms with E-state index >= 15 is 0 Å². The first-order valence-electron chi connectivity index (χ1n) is 5.07. The Morgan fingerprint density at radius 2 is 1.94 bits per heavy atom. The minimum Gasteiger partial charge on any atom is -0.361 e. The maximum absolute atomic E-state index is 13.5. The number of anilines is 1. The SMILES string of the molecule is COC(OC)C(C)(C#N)Nc1ccccc1F. The summed E-state index contributed by atoms with van der Waals surface area (Å²) in [4.78, 5) is 0. The summed E-state index contributed by atoms with van der Waals surface area (Å²) in [6.45, 7) is 1.58. The van der Waals surface area contributed by atoms with Gasteiger partial charge >= 0.3 is 0 Å². The molecule has 1 aromatic carbocycles. The first-order valence-corrected chi connectivity index (χ1v) is 5.07. The number of nitrogens with zero attached hydrogens (tertiary/aromatic N) is 1. The predicted molar refractivity (Wildman–Crippen MR) is 61.8 cm³/mol. The van der Waals surface area contributed by atoms with Crippen molar-refractivity contribution < 1.29 is 13.9 Å². The molecule has 5 heteroatoms. The number of benzene rings is 1. The molecule has 0 aliphatic carbocycles. The second kappa shape index (κ2) is 5.62. The molecule has 1 atom stereocenters. The third-order valence-electron chi connectivity index (χ3n) is 2.40. The van der Waals surface area contributed by atoms with E-state index in [9.17, 15) is 9.65 Å². The molecule has 0 aromatic heterocycles. The zero-order valence-electron chi connectivity index (χ0n) is 10.0. The zero-order chi connectivity index (χ0) is 12.9. The van der Waals surface area contributed by atoms with Crippen LogP contribution >= 0.6 is 0 Å². The molecule has 1 aromatic rings. The fraction of sp³-hybridized carbons (Fsp3) is 0.417. The summed E-state index contributed by atoms with van der Waals surface area (Å²) in [5.74, 6) is -0.431. The molecule has 0 fully saturated rings. The van der Waals surface area contributed by atoms with Crippen LogP contribution in [0.3, 0.4) is 0 Å². The summed E-state index contributed by atoms with van der Waals surface area (Å²) in [6.07, 6.45) is -0.799. The monoisotopic (exact) mass is 238 g/mol. The lowest BCUT2D eigenvalue weighted by Gasteiger charge is -2.31. The van der Waals surface area contributed by atoms with Crippen LogP contribution in [0.25, 0.3) is 0 Å². The van der Waals surface area contributed by atoms with E-state index in [0.717, 1.165) is 0 Å². The molecule has 1 rings (SSSR count). The minimum atomic E-state index is -1.17. The standard InChI is InChI=1S/C12H15FN2O2/c1-12(8-14,11(16-2)17-3)15-10-7-5-4-6-9(10)13/h4-7,11,15H,1-3H3. The highest BCUT2D eigenvalue weighted by atomic mass is 19.1. The third kappa shape index (κ3) is 2.93. The van der Waals surface area contributed by atoms with Crippen LogP contribution in [0.5, 0.6) is 0 Å². The number of nitrogens with one attached hydrogen (secondary N) is 1. The number of methoxy groups -OCH3 is 2. The van der Waals surface area contributed by atoms with Crippen molar-refractivity contribution in [3.8, 4) is 6.07 Å². The van der Waals surface area contributed by atoms with Crippen molar-refractivity contribution in [3.05, 3.63) is 30.1 Å². The fourth-order valence-electron chi connectivity index (χ4n) is 1.55. The Labute approximate surface area is 100.0 Å². The van der Waals surface area contributed by atoms with E-state index in [0.29, 0.717) is 0 Å². The number of nitriles is 1. The quantitative estimate of drug-likeness (QED) is 0.798. The van der Waals surface area contributed by atoms with E-state index < -0.39 is 17.6 Å². The smallest absolute Gasteiger partial charge is 0.193 e. The van der Waals surface area contributed by atoms with Gasteiger partial charge in [-0.15, -0.1) is 0 Å². The highest BCUT2D eigenvalue weighted by molar-refractivity contribution is 5.48. The number of para-hydroxylation sites is 1. The van der Waals surface area contributed by atoms with Crippen molar-refractivity contribution in [2.45, 2.75) is 18.8 Å². The maximum Gasteiger partial charge on any atom is 0.193 e. The fourth-order valence-corrected chi connectivity index (χ4v) is 1.55. The summed E-state index contributed by atoms with van der Waals surface area (Å²) < 4.78 is 23.5. The van der Waals surface area contributed by atoms with Crippen LogP contribution in [0.4, 0.5) is 10.1 Å². The zero-order valence-corrected chi connectivity index (χ0v) is 10.0. The minimum absolute atomic E-state index is 0.232. The van der Waals surface area contributed by atoms with Gasteiger partial charge < -0.3 is 14.8 Å². The number of hydrogen-bond donors (Lipinski definition) is 1. The van der Waals surface area contributed by atoms with Gasteiger partial charge in [-0.1, -0.05) is 12.1 Å². The second-order valence-electron chi connectivity index (χ2n) is 3.72. The van der Waals surface area contributed by atoms with Crippen molar-refractivity contribution in [2.75, 3.05) is 19.5 Å². The molecular formula is C12H15FN2O2. The molecule has 0 amide bonds. The molecule has 0 bridgehead atoms. The summed E-state index contributed by atoms with van der Waals surface area (Å²) in [5.41, 5.74) is -0.943. The number of rotatable bonds is 5. The molecular weight excluding hydrogens is 223 g/mol. The Hall–Kier alpha value is -1.64. The van der Waals surface area contributed by atoms with E-state index in [-0.39, 0.29) is 5.69 Å². The molecule has 0 spiro atoms. The van der Waals surface area contributed by atoms with Crippen LogP contribution in [0.2, 0.25) is 0 Å². The Morgan fingerprint density at radius 1 is 1.35 bits per heavy atom. The van der Waals surface area contributed by atoms with Crippen LogP contribution in [0.1, 0.15) is 6.92 Å². The number of hydrogen-bond acceptors (Lipinski definition) is 4. The molecule has 17 heavy (non-hydrogen) atoms. The lowest BCUT2D eigenvalue weighted by atomic mass is 10.0. The lowest BCUT2D eigenvalue weighted by Crippen LogP contribution is -2.47. The summed E-state index contributed by atoms with van der Waals surface area (Å²) in [5, 5.41) is 12.0. The Kier molecular flexibility index (Phi) is 4.44. The summed E-state index contributed by atoms with van der Waals surface area (Å²) in [7, 11) is 2.85. The van der Waals surface area contributed by atoms with E-state index in [1.807, 2.05) is 6.07 Å². The molecule has 1 N–H and O–H groups in total. The third-order valence-corrected chi connectivity index (χ3v) is 2.40. The van der Waals surface area contributed by atoms with Gasteiger partial charge in [-0.2, -0.15) is 5.26 Å². The first kappa shape index (κ1) is 13.4. The van der Waals surface area contributed by atoms with Gasteiger partial charge in [-0.05, 0) is 19.1 Å². The van der Waals surface area contributed by atoms with Crippen LogP contribution < -0.4 is 5.32 Å². The normalized spacial score (nSPS) is 14.1. The van der Waals surface area contributed by atoms with E-state index in [1.54, 1.807) is 25.1 Å². The van der Waals surface area contributed by atoms with Crippen molar-refractivity contribution in [2.24, 2.45) is 0 Å². The van der Waals surface area contributed by atoms with Gasteiger partial charge in [0.1, 0.15) is 5.82 Å². The van der Waals surface area contributed by atoms with E-state index in [4.69, 9.17) is 9.47 Å². The van der Waals surface area contributed by atoms with Crippen LogP contribution in [0.15, 0.2) is 24.3 Å². The van der Waals surface area contributed by atoms with Gasteiger partial charge in [0.2, 0.25) is 0 Å². The maximum atomic E-state index is 13.5. The molecule has 0 heterocycles. The largest absolute Gasteiger partial charge is 0.361 e. The molecule has 0 saturated heterocycles. The van der Waals surface area contributed by atoms with Gasteiger partial charge in [0.25, 0.3) is 0 Å². The lowest BCUT2D eigenvalue weighted by molar-refractivity contribution is -0.124. The molecule has 0 saturated carbocycles. The Morgan fingerprint density at radius 3 is 2.41 bits per heavy atom. The number of ether oxygens (including phenoxy) is 2. The van der Waals surface area contributed by atoms with Crippen LogP contribution in [0, 0.1) is 17.1 Å². The summed E-state index contributed by atoms with van der Waals surface area (Å²) >= 11 is 0. The number of halogens is 1. The average Bonchev–Trinajstić information content (AvgIpc) is 2.33. The predicted octanol–water partition coefficient (Wildman–Crippen LogP) is 2.14. The molecule has 92 valence electrons. The van der Waals surface area contributed by atoms with Gasteiger partial charge in [0, 0.05) is 14.2 Å². The van der Waals surface area contributed by atoms with E-state index in [2.05, 4.69) is 5.32 Å². The van der Waals surface area contributed by atoms with Gasteiger partial charge in [-0.3, -0.25) is 0 Å². The molecule has 0 aliphatic heterocycles. The van der Waals surface area contributed by atoms with Crippen molar-refractivity contribution in [1.82, 2.24) is 0 Å². The Bertz CT molecular complexity index is 415. The van der Waals surface area contributed by atoms with Crippen LogP contribution in [-0.2, 0) is 9.47 Å². The highest BCUT2D eigenvalue weighted by Crippen LogP contribution is 2.22. The van der Waals surface area contributed by atoms with Gasteiger partial charge in [0.15, 0.2) is 11.8 Å². The average molecular weight is 238 g/mol.